The van der Waals surface area contributed by atoms with E-state index < -0.39 is 0 Å². The van der Waals surface area contributed by atoms with Crippen molar-refractivity contribution in [2.75, 3.05) is 28.4 Å². The van der Waals surface area contributed by atoms with Crippen LogP contribution in [0.5, 0.6) is 23.0 Å². The van der Waals surface area contributed by atoms with Gasteiger partial charge in [0.25, 0.3) is 0 Å². The average Bonchev–Trinajstić information content (AvgIpc) is 3.08. The molecule has 0 unspecified atom stereocenters. The molecule has 0 N–H and O–H groups in total. The summed E-state index contributed by atoms with van der Waals surface area (Å²) in [6, 6.07) is 11.3. The molecule has 130 valence electrons. The lowest BCUT2D eigenvalue weighted by molar-refractivity contribution is 0.324. The predicted molar refractivity (Wildman–Crippen MR) is 97.0 cm³/mol. The van der Waals surface area contributed by atoms with Crippen molar-refractivity contribution in [2.24, 2.45) is 0 Å². The van der Waals surface area contributed by atoms with Gasteiger partial charge in [0.15, 0.2) is 11.5 Å². The molecule has 5 nitrogen and oxygen atoms in total. The molecule has 0 spiro atoms. The van der Waals surface area contributed by atoms with Crippen molar-refractivity contribution >= 4 is 16.5 Å². The maximum atomic E-state index is 5.94. The highest BCUT2D eigenvalue weighted by Crippen LogP contribution is 2.41. The fourth-order valence-corrected chi connectivity index (χ4v) is 2.68. The lowest BCUT2D eigenvalue weighted by Gasteiger charge is -2.14. The number of ether oxygens (including phenoxy) is 4. The van der Waals surface area contributed by atoms with Crippen LogP contribution in [0, 0.1) is 0 Å². The van der Waals surface area contributed by atoms with Crippen LogP contribution < -0.4 is 18.9 Å². The number of benzene rings is 2. The molecule has 0 fully saturated rings. The van der Waals surface area contributed by atoms with Gasteiger partial charge in [-0.25, -0.2) is 0 Å². The third-order valence-corrected chi connectivity index (χ3v) is 4.04. The van der Waals surface area contributed by atoms with E-state index in [4.69, 9.17) is 23.4 Å². The maximum Gasteiger partial charge on any atom is 0.203 e. The molecule has 25 heavy (non-hydrogen) atoms. The molecular weight excluding hydrogens is 320 g/mol. The molecule has 0 saturated heterocycles. The van der Waals surface area contributed by atoms with E-state index in [1.165, 1.54) is 0 Å². The summed E-state index contributed by atoms with van der Waals surface area (Å²) in [5.41, 5.74) is 2.28. The van der Waals surface area contributed by atoms with Gasteiger partial charge in [-0.15, -0.1) is 0 Å². The van der Waals surface area contributed by atoms with Crippen LogP contribution in [-0.4, -0.2) is 28.4 Å². The number of hydrogen-bond acceptors (Lipinski definition) is 5. The van der Waals surface area contributed by atoms with Crippen LogP contribution in [0.3, 0.4) is 0 Å². The molecule has 1 heterocycles. The molecule has 0 radical (unpaired) electrons. The highest BCUT2D eigenvalue weighted by atomic mass is 16.5. The maximum absolute atomic E-state index is 5.94. The van der Waals surface area contributed by atoms with Crippen molar-refractivity contribution in [1.82, 2.24) is 0 Å². The highest BCUT2D eigenvalue weighted by molar-refractivity contribution is 5.87. The lowest BCUT2D eigenvalue weighted by Crippen LogP contribution is -1.97. The van der Waals surface area contributed by atoms with Gasteiger partial charge in [0, 0.05) is 17.0 Å². The number of rotatable bonds is 6. The molecule has 5 heteroatoms. The number of fused-ring (bicyclic) bond motifs is 1. The van der Waals surface area contributed by atoms with Gasteiger partial charge in [-0.2, -0.15) is 0 Å². The van der Waals surface area contributed by atoms with Crippen LogP contribution in [0.2, 0.25) is 0 Å². The minimum Gasteiger partial charge on any atom is -0.497 e. The normalized spacial score (nSPS) is 10.6. The Kier molecular flexibility index (Phi) is 4.57. The van der Waals surface area contributed by atoms with Crippen LogP contribution in [0.25, 0.3) is 16.5 Å². The largest absolute Gasteiger partial charge is 0.497 e. The number of furan rings is 1. The lowest BCUT2D eigenvalue weighted by atomic mass is 10.0. The summed E-state index contributed by atoms with van der Waals surface area (Å²) in [6.07, 6.45) is 0. The van der Waals surface area contributed by atoms with Gasteiger partial charge in [-0.1, -0.05) is 6.58 Å². The molecule has 0 amide bonds. The molecule has 0 aliphatic heterocycles. The summed E-state index contributed by atoms with van der Waals surface area (Å²) < 4.78 is 27.3. The van der Waals surface area contributed by atoms with Crippen molar-refractivity contribution in [3.63, 3.8) is 0 Å². The van der Waals surface area contributed by atoms with Crippen LogP contribution >= 0.6 is 0 Å². The van der Waals surface area contributed by atoms with E-state index >= 15 is 0 Å². The van der Waals surface area contributed by atoms with E-state index in [0.717, 1.165) is 27.9 Å². The zero-order chi connectivity index (χ0) is 18.0. The number of hydrogen-bond donors (Lipinski definition) is 0. The van der Waals surface area contributed by atoms with Crippen molar-refractivity contribution in [2.45, 2.75) is 0 Å². The van der Waals surface area contributed by atoms with Crippen LogP contribution in [0.4, 0.5) is 0 Å². The molecule has 0 saturated carbocycles. The summed E-state index contributed by atoms with van der Waals surface area (Å²) in [5.74, 6) is 3.08. The van der Waals surface area contributed by atoms with E-state index in [0.29, 0.717) is 23.0 Å². The molecule has 0 bridgehead atoms. The quantitative estimate of drug-likeness (QED) is 0.660. The Labute approximate surface area is 146 Å². The van der Waals surface area contributed by atoms with E-state index in [9.17, 15) is 0 Å². The monoisotopic (exact) mass is 340 g/mol. The summed E-state index contributed by atoms with van der Waals surface area (Å²) >= 11 is 0. The zero-order valence-electron chi connectivity index (χ0n) is 14.7. The smallest absolute Gasteiger partial charge is 0.203 e. The Bertz CT molecular complexity index is 898. The zero-order valence-corrected chi connectivity index (χ0v) is 14.7. The fraction of sp³-hybridized carbons (Fsp3) is 0.200. The predicted octanol–water partition coefficient (Wildman–Crippen LogP) is 4.53. The van der Waals surface area contributed by atoms with Crippen LogP contribution in [0.1, 0.15) is 11.3 Å². The first kappa shape index (κ1) is 16.8. The second-order valence-electron chi connectivity index (χ2n) is 5.41. The van der Waals surface area contributed by atoms with Gasteiger partial charge in [-0.3, -0.25) is 0 Å². The standard InChI is InChI=1S/C20H20O5/c1-12(14-9-18(22-3)20(24-5)19(10-14)23-4)16-8-13-6-7-15(21-2)11-17(13)25-16/h6-11H,1H2,2-5H3. The third-order valence-electron chi connectivity index (χ3n) is 4.04. The SMILES string of the molecule is C=C(c1cc(OC)c(OC)c(OC)c1)c1cc2ccc(OC)cc2o1. The van der Waals surface area contributed by atoms with Crippen molar-refractivity contribution in [3.05, 3.63) is 54.3 Å². The molecule has 2 aromatic carbocycles. The Balaban J connectivity index is 2.05. The van der Waals surface area contributed by atoms with Crippen molar-refractivity contribution < 1.29 is 23.4 Å². The van der Waals surface area contributed by atoms with Gasteiger partial charge < -0.3 is 23.4 Å². The summed E-state index contributed by atoms with van der Waals surface area (Å²) in [6.45, 7) is 4.16. The highest BCUT2D eigenvalue weighted by Gasteiger charge is 2.17. The van der Waals surface area contributed by atoms with Gasteiger partial charge in [-0.05, 0) is 35.9 Å². The Morgan fingerprint density at radius 2 is 1.52 bits per heavy atom. The number of methoxy groups -OCH3 is 4. The van der Waals surface area contributed by atoms with Crippen molar-refractivity contribution in [3.8, 4) is 23.0 Å². The summed E-state index contributed by atoms with van der Waals surface area (Å²) in [5, 5.41) is 0.976. The van der Waals surface area contributed by atoms with Crippen LogP contribution in [0.15, 0.2) is 47.4 Å². The van der Waals surface area contributed by atoms with Crippen molar-refractivity contribution in [1.29, 1.82) is 0 Å². The first-order valence-electron chi connectivity index (χ1n) is 7.68. The minimum atomic E-state index is 0.538. The second-order valence-corrected chi connectivity index (χ2v) is 5.41. The Hall–Kier alpha value is -3.08. The van der Waals surface area contributed by atoms with Gasteiger partial charge in [0.1, 0.15) is 17.1 Å². The fourth-order valence-electron chi connectivity index (χ4n) is 2.68. The summed E-state index contributed by atoms with van der Waals surface area (Å²) in [7, 11) is 6.36. The van der Waals surface area contributed by atoms with E-state index in [-0.39, 0.29) is 0 Å². The average molecular weight is 340 g/mol. The first-order valence-corrected chi connectivity index (χ1v) is 7.68. The molecule has 0 atom stereocenters. The van der Waals surface area contributed by atoms with E-state index in [1.54, 1.807) is 28.4 Å². The molecule has 1 aromatic heterocycles. The van der Waals surface area contributed by atoms with Gasteiger partial charge in [0.05, 0.1) is 28.4 Å². The molecule has 0 aliphatic rings. The van der Waals surface area contributed by atoms with E-state index in [2.05, 4.69) is 6.58 Å². The topological polar surface area (TPSA) is 50.1 Å². The molecule has 3 aromatic rings. The Morgan fingerprint density at radius 3 is 2.08 bits per heavy atom. The molecular formula is C20H20O5. The third kappa shape index (κ3) is 3.01. The molecule has 3 rings (SSSR count). The van der Waals surface area contributed by atoms with Gasteiger partial charge in [0.2, 0.25) is 5.75 Å². The van der Waals surface area contributed by atoms with Gasteiger partial charge >= 0.3 is 0 Å². The molecule has 0 aliphatic carbocycles. The van der Waals surface area contributed by atoms with Crippen LogP contribution in [-0.2, 0) is 0 Å². The second kappa shape index (κ2) is 6.81. The Morgan fingerprint density at radius 1 is 0.840 bits per heavy atom. The first-order chi connectivity index (χ1) is 12.1. The summed E-state index contributed by atoms with van der Waals surface area (Å²) in [4.78, 5) is 0. The minimum absolute atomic E-state index is 0.538. The van der Waals surface area contributed by atoms with E-state index in [1.807, 2.05) is 36.4 Å².